The lowest BCUT2D eigenvalue weighted by molar-refractivity contribution is -0.122. The van der Waals surface area contributed by atoms with Crippen LogP contribution in [0.3, 0.4) is 0 Å². The van der Waals surface area contributed by atoms with Gasteiger partial charge in [0.1, 0.15) is 5.82 Å². The molecule has 1 aliphatic rings. The van der Waals surface area contributed by atoms with Crippen molar-refractivity contribution in [2.24, 2.45) is 0 Å². The molecule has 0 bridgehead atoms. The number of nitrogens with one attached hydrogen (secondary N) is 2. The lowest BCUT2D eigenvalue weighted by Crippen LogP contribution is -2.50. The Morgan fingerprint density at radius 2 is 1.69 bits per heavy atom. The van der Waals surface area contributed by atoms with Gasteiger partial charge in [-0.05, 0) is 31.2 Å². The minimum Gasteiger partial charge on any atom is -0.352 e. The molecule has 1 fully saturated rings. The normalized spacial score (nSPS) is 14.1. The van der Waals surface area contributed by atoms with Gasteiger partial charge in [0.25, 0.3) is 0 Å². The first kappa shape index (κ1) is 23.5. The first-order chi connectivity index (χ1) is 17.6. The van der Waals surface area contributed by atoms with Crippen molar-refractivity contribution >= 4 is 34.4 Å². The summed E-state index contributed by atoms with van der Waals surface area (Å²) in [6, 6.07) is 19.9. The summed E-state index contributed by atoms with van der Waals surface area (Å²) in [5.41, 5.74) is 3.53. The molecule has 1 aliphatic heterocycles. The Labute approximate surface area is 210 Å². The summed E-state index contributed by atoms with van der Waals surface area (Å²) in [5.74, 6) is 2.31. The van der Waals surface area contributed by atoms with E-state index in [1.165, 1.54) is 0 Å². The van der Waals surface area contributed by atoms with Gasteiger partial charge in [0.15, 0.2) is 11.6 Å². The molecule has 0 aliphatic carbocycles. The largest absolute Gasteiger partial charge is 0.352 e. The molecule has 9 heteroatoms. The van der Waals surface area contributed by atoms with Crippen LogP contribution in [0.2, 0.25) is 0 Å². The van der Waals surface area contributed by atoms with Crippen LogP contribution in [0.25, 0.3) is 16.7 Å². The van der Waals surface area contributed by atoms with E-state index in [4.69, 9.17) is 9.97 Å². The van der Waals surface area contributed by atoms with Crippen molar-refractivity contribution in [2.45, 2.75) is 6.92 Å². The van der Waals surface area contributed by atoms with Crippen LogP contribution < -0.4 is 15.5 Å². The number of nitrogens with zero attached hydrogens (tertiary/aromatic N) is 6. The topological polar surface area (TPSA) is 91.2 Å². The zero-order valence-electron chi connectivity index (χ0n) is 20.4. The van der Waals surface area contributed by atoms with Crippen molar-refractivity contribution < 1.29 is 4.79 Å². The van der Waals surface area contributed by atoms with Crippen molar-refractivity contribution in [2.75, 3.05) is 49.5 Å². The third-order valence-corrected chi connectivity index (χ3v) is 6.11. The van der Waals surface area contributed by atoms with Gasteiger partial charge in [0.05, 0.1) is 29.0 Å². The second-order valence-corrected chi connectivity index (χ2v) is 8.78. The van der Waals surface area contributed by atoms with E-state index < -0.39 is 0 Å². The summed E-state index contributed by atoms with van der Waals surface area (Å²) in [6.45, 7) is 9.50. The molecule has 1 saturated heterocycles. The number of benzene rings is 2. The summed E-state index contributed by atoms with van der Waals surface area (Å²) in [7, 11) is 0. The van der Waals surface area contributed by atoms with Gasteiger partial charge in [0.2, 0.25) is 5.91 Å². The molecule has 184 valence electrons. The van der Waals surface area contributed by atoms with Crippen LogP contribution in [0.1, 0.15) is 5.69 Å². The van der Waals surface area contributed by atoms with Gasteiger partial charge in [-0.2, -0.15) is 5.10 Å². The lowest BCUT2D eigenvalue weighted by atomic mass is 10.2. The van der Waals surface area contributed by atoms with Crippen LogP contribution in [-0.2, 0) is 4.79 Å². The first-order valence-electron chi connectivity index (χ1n) is 12.1. The maximum Gasteiger partial charge on any atom is 0.234 e. The molecular formula is C27H30N8O. The van der Waals surface area contributed by atoms with Gasteiger partial charge < -0.3 is 15.5 Å². The fraction of sp³-hybridized carbons (Fsp3) is 0.259. The molecule has 4 aromatic rings. The number of hydrogen-bond donors (Lipinski definition) is 2. The molecule has 2 N–H and O–H groups in total. The highest BCUT2D eigenvalue weighted by molar-refractivity contribution is 5.82. The number of aryl methyl sites for hydroxylation is 1. The predicted octanol–water partition coefficient (Wildman–Crippen LogP) is 3.29. The molecule has 0 saturated carbocycles. The van der Waals surface area contributed by atoms with E-state index in [1.807, 2.05) is 72.3 Å². The first-order valence-corrected chi connectivity index (χ1v) is 12.1. The maximum atomic E-state index is 12.1. The molecule has 0 radical (unpaired) electrons. The summed E-state index contributed by atoms with van der Waals surface area (Å²) in [5, 5.41) is 11.0. The number of hydrogen-bond acceptors (Lipinski definition) is 7. The Bertz CT molecular complexity index is 1360. The van der Waals surface area contributed by atoms with E-state index in [9.17, 15) is 4.79 Å². The van der Waals surface area contributed by atoms with E-state index in [0.29, 0.717) is 18.9 Å². The number of para-hydroxylation sites is 3. The van der Waals surface area contributed by atoms with Gasteiger partial charge >= 0.3 is 0 Å². The standard InChI is InChI=1S/C27H30N8O/c1-3-13-28-25(36)19-33-14-16-34(17-15-33)27-26(29-22-11-7-8-12-23(22)30-27)31-24-18-20(2)32-35(24)21-9-5-4-6-10-21/h3-12,18H,1,13-17,19H2,2H3,(H,28,36)(H,29,31). The Balaban J connectivity index is 1.41. The number of carbonyl (C=O) groups is 1. The number of fused-ring (bicyclic) bond motifs is 1. The smallest absolute Gasteiger partial charge is 0.234 e. The van der Waals surface area contributed by atoms with Gasteiger partial charge in [0, 0.05) is 38.8 Å². The van der Waals surface area contributed by atoms with Crippen molar-refractivity contribution in [3.63, 3.8) is 0 Å². The highest BCUT2D eigenvalue weighted by Crippen LogP contribution is 2.30. The molecule has 0 atom stereocenters. The summed E-state index contributed by atoms with van der Waals surface area (Å²) < 4.78 is 1.88. The van der Waals surface area contributed by atoms with E-state index in [1.54, 1.807) is 6.08 Å². The van der Waals surface area contributed by atoms with E-state index in [2.05, 4.69) is 32.1 Å². The molecule has 9 nitrogen and oxygen atoms in total. The van der Waals surface area contributed by atoms with Crippen molar-refractivity contribution in [3.05, 3.63) is 79.0 Å². The minimum atomic E-state index is 0.0146. The second kappa shape index (κ2) is 10.6. The summed E-state index contributed by atoms with van der Waals surface area (Å²) in [6.07, 6.45) is 1.69. The van der Waals surface area contributed by atoms with Gasteiger partial charge in [-0.15, -0.1) is 6.58 Å². The quantitative estimate of drug-likeness (QED) is 0.373. The lowest BCUT2D eigenvalue weighted by Gasteiger charge is -2.35. The highest BCUT2D eigenvalue weighted by atomic mass is 16.2. The third-order valence-electron chi connectivity index (χ3n) is 6.11. The van der Waals surface area contributed by atoms with Crippen LogP contribution in [0.15, 0.2) is 73.3 Å². The fourth-order valence-electron chi connectivity index (χ4n) is 4.33. The Hall–Kier alpha value is -4.24. The molecule has 5 rings (SSSR count). The van der Waals surface area contributed by atoms with Crippen LogP contribution in [-0.4, -0.2) is 69.8 Å². The molecule has 3 heterocycles. The maximum absolute atomic E-state index is 12.1. The van der Waals surface area contributed by atoms with Crippen LogP contribution >= 0.6 is 0 Å². The van der Waals surface area contributed by atoms with Crippen molar-refractivity contribution in [1.82, 2.24) is 30.0 Å². The molecule has 0 unspecified atom stereocenters. The number of rotatable bonds is 8. The van der Waals surface area contributed by atoms with E-state index >= 15 is 0 Å². The van der Waals surface area contributed by atoms with Crippen LogP contribution in [0.5, 0.6) is 0 Å². The van der Waals surface area contributed by atoms with E-state index in [-0.39, 0.29) is 5.91 Å². The summed E-state index contributed by atoms with van der Waals surface area (Å²) in [4.78, 5) is 26.5. The van der Waals surface area contributed by atoms with Gasteiger partial charge in [-0.1, -0.05) is 36.4 Å². The Morgan fingerprint density at radius 3 is 2.42 bits per heavy atom. The molecule has 2 aromatic carbocycles. The molecule has 36 heavy (non-hydrogen) atoms. The average Bonchev–Trinajstić information content (AvgIpc) is 3.28. The zero-order chi connectivity index (χ0) is 24.9. The van der Waals surface area contributed by atoms with Gasteiger partial charge in [-0.25, -0.2) is 14.6 Å². The van der Waals surface area contributed by atoms with Crippen LogP contribution in [0.4, 0.5) is 17.5 Å². The van der Waals surface area contributed by atoms with Crippen LogP contribution in [0, 0.1) is 6.92 Å². The monoisotopic (exact) mass is 482 g/mol. The van der Waals surface area contributed by atoms with Crippen molar-refractivity contribution in [1.29, 1.82) is 0 Å². The molecular weight excluding hydrogens is 452 g/mol. The number of anilines is 3. The number of aromatic nitrogens is 4. The van der Waals surface area contributed by atoms with E-state index in [0.717, 1.165) is 60.2 Å². The number of amides is 1. The van der Waals surface area contributed by atoms with Gasteiger partial charge in [-0.3, -0.25) is 9.69 Å². The summed E-state index contributed by atoms with van der Waals surface area (Å²) >= 11 is 0. The molecule has 2 aromatic heterocycles. The molecule has 0 spiro atoms. The zero-order valence-corrected chi connectivity index (χ0v) is 20.4. The predicted molar refractivity (Wildman–Crippen MR) is 143 cm³/mol. The SMILES string of the molecule is C=CCNC(=O)CN1CCN(c2nc3ccccc3nc2Nc2cc(C)nn2-c2ccccc2)CC1. The van der Waals surface area contributed by atoms with Crippen molar-refractivity contribution in [3.8, 4) is 5.69 Å². The Kier molecular flexibility index (Phi) is 6.90. The average molecular weight is 483 g/mol. The number of carbonyl (C=O) groups excluding carboxylic acids is 1. The number of piperazine rings is 1. The molecule has 1 amide bonds. The minimum absolute atomic E-state index is 0.0146. The highest BCUT2D eigenvalue weighted by Gasteiger charge is 2.24. The Morgan fingerprint density at radius 1 is 1.00 bits per heavy atom. The second-order valence-electron chi connectivity index (χ2n) is 8.78. The fourth-order valence-corrected chi connectivity index (χ4v) is 4.33. The third kappa shape index (κ3) is 5.21.